The van der Waals surface area contributed by atoms with Crippen molar-refractivity contribution in [3.63, 3.8) is 0 Å². The molecule has 0 radical (unpaired) electrons. The van der Waals surface area contributed by atoms with Crippen molar-refractivity contribution in [2.45, 2.75) is 6.92 Å². The molecular weight excluding hydrogens is 280 g/mol. The first-order valence-corrected chi connectivity index (χ1v) is 5.98. The van der Waals surface area contributed by atoms with Crippen LogP contribution >= 0.6 is 11.6 Å². The molecule has 0 atom stereocenters. The van der Waals surface area contributed by atoms with Crippen LogP contribution in [0, 0.1) is 6.92 Å². The first-order chi connectivity index (χ1) is 9.43. The van der Waals surface area contributed by atoms with E-state index in [9.17, 15) is 9.59 Å². The van der Waals surface area contributed by atoms with Crippen LogP contribution < -0.4 is 5.73 Å². The Morgan fingerprint density at radius 1 is 1.35 bits per heavy atom. The molecule has 0 aliphatic heterocycles. The van der Waals surface area contributed by atoms with Crippen molar-refractivity contribution in [1.82, 2.24) is 4.98 Å². The monoisotopic (exact) mass is 292 g/mol. The van der Waals surface area contributed by atoms with Gasteiger partial charge in [0.1, 0.15) is 17.2 Å². The van der Waals surface area contributed by atoms with Crippen LogP contribution in [0.5, 0.6) is 5.75 Å². The topological polar surface area (TPSA) is 93.3 Å². The van der Waals surface area contributed by atoms with Crippen molar-refractivity contribution in [1.29, 1.82) is 0 Å². The predicted octanol–water partition coefficient (Wildman–Crippen LogP) is 2.35. The quantitative estimate of drug-likeness (QED) is 0.656. The fourth-order valence-electron chi connectivity index (χ4n) is 1.27. The lowest BCUT2D eigenvalue weighted by Gasteiger charge is -1.96. The van der Waals surface area contributed by atoms with Crippen molar-refractivity contribution in [2.75, 3.05) is 0 Å². The summed E-state index contributed by atoms with van der Waals surface area (Å²) < 4.78 is 0. The Hall–Kier alpha value is -2.40. The third-order valence-electron chi connectivity index (χ3n) is 2.37. The number of aromatic hydroxyl groups is 1. The maximum atomic E-state index is 10.5. The lowest BCUT2D eigenvalue weighted by Crippen LogP contribution is -2.10. The zero-order chi connectivity index (χ0) is 15.1. The highest BCUT2D eigenvalue weighted by molar-refractivity contribution is 6.29. The van der Waals surface area contributed by atoms with Crippen molar-refractivity contribution in [3.05, 3.63) is 58.4 Å². The van der Waals surface area contributed by atoms with Crippen LogP contribution in [0.4, 0.5) is 0 Å². The first-order valence-electron chi connectivity index (χ1n) is 5.60. The number of aldehydes is 1. The fourth-order valence-corrected chi connectivity index (χ4v) is 1.39. The molecule has 6 heteroatoms. The summed E-state index contributed by atoms with van der Waals surface area (Å²) in [6, 6.07) is 7.77. The molecule has 1 aromatic carbocycles. The van der Waals surface area contributed by atoms with Gasteiger partial charge in [-0.1, -0.05) is 11.6 Å². The average molecular weight is 293 g/mol. The number of hydrogen-bond donors (Lipinski definition) is 2. The van der Waals surface area contributed by atoms with Crippen molar-refractivity contribution in [3.8, 4) is 5.75 Å². The molecule has 1 amide bonds. The number of nitrogens with zero attached hydrogens (tertiary/aromatic N) is 1. The number of carbonyl (C=O) groups excluding carboxylic acids is 2. The summed E-state index contributed by atoms with van der Waals surface area (Å²) in [6.45, 7) is 1.75. The molecule has 0 bridgehead atoms. The number of halogens is 1. The maximum Gasteiger partial charge on any atom is 0.250 e. The Kier molecular flexibility index (Phi) is 5.68. The second-order valence-electron chi connectivity index (χ2n) is 3.90. The second-order valence-corrected chi connectivity index (χ2v) is 4.28. The molecular formula is C14H13ClN2O3. The van der Waals surface area contributed by atoms with Gasteiger partial charge >= 0.3 is 0 Å². The number of rotatable bonds is 2. The van der Waals surface area contributed by atoms with Gasteiger partial charge < -0.3 is 10.8 Å². The van der Waals surface area contributed by atoms with Gasteiger partial charge in [-0.2, -0.15) is 0 Å². The lowest BCUT2D eigenvalue weighted by molar-refractivity contribution is 0.0999. The smallest absolute Gasteiger partial charge is 0.250 e. The van der Waals surface area contributed by atoms with Gasteiger partial charge in [0.2, 0.25) is 5.91 Å². The van der Waals surface area contributed by atoms with Crippen molar-refractivity contribution < 1.29 is 14.7 Å². The zero-order valence-electron chi connectivity index (χ0n) is 10.7. The summed E-state index contributed by atoms with van der Waals surface area (Å²) in [5.74, 6) is -0.269. The van der Waals surface area contributed by atoms with Gasteiger partial charge in [-0.05, 0) is 42.8 Å². The number of aryl methyl sites for hydroxylation is 1. The third-order valence-corrected chi connectivity index (χ3v) is 2.59. The van der Waals surface area contributed by atoms with E-state index in [4.69, 9.17) is 22.4 Å². The van der Waals surface area contributed by atoms with E-state index in [2.05, 4.69) is 4.98 Å². The fraction of sp³-hybridized carbons (Fsp3) is 0.0714. The highest BCUT2D eigenvalue weighted by Gasteiger charge is 1.98. The summed E-state index contributed by atoms with van der Waals surface area (Å²) in [4.78, 5) is 24.3. The Morgan fingerprint density at radius 3 is 2.50 bits per heavy atom. The van der Waals surface area contributed by atoms with E-state index in [1.807, 2.05) is 0 Å². The molecule has 2 rings (SSSR count). The number of nitrogens with two attached hydrogens (primary N) is 1. The summed E-state index contributed by atoms with van der Waals surface area (Å²) >= 11 is 5.45. The molecule has 0 aliphatic rings. The number of hydrogen-bond acceptors (Lipinski definition) is 4. The zero-order valence-corrected chi connectivity index (χ0v) is 11.5. The van der Waals surface area contributed by atoms with Crippen LogP contribution in [0.2, 0.25) is 5.15 Å². The van der Waals surface area contributed by atoms with Crippen LogP contribution in [-0.4, -0.2) is 22.3 Å². The summed E-state index contributed by atoms with van der Waals surface area (Å²) in [7, 11) is 0. The van der Waals surface area contributed by atoms with Gasteiger partial charge in [0.25, 0.3) is 0 Å². The average Bonchev–Trinajstić information content (AvgIpc) is 2.43. The van der Waals surface area contributed by atoms with Gasteiger partial charge in [0, 0.05) is 11.8 Å². The Morgan fingerprint density at radius 2 is 2.05 bits per heavy atom. The van der Waals surface area contributed by atoms with Crippen LogP contribution in [0.25, 0.3) is 0 Å². The largest absolute Gasteiger partial charge is 0.508 e. The number of amides is 1. The van der Waals surface area contributed by atoms with Gasteiger partial charge in [0.15, 0.2) is 0 Å². The van der Waals surface area contributed by atoms with Gasteiger partial charge in [-0.15, -0.1) is 0 Å². The highest BCUT2D eigenvalue weighted by Crippen LogP contribution is 2.15. The van der Waals surface area contributed by atoms with Crippen molar-refractivity contribution in [2.24, 2.45) is 5.73 Å². The molecule has 3 N–H and O–H groups in total. The van der Waals surface area contributed by atoms with E-state index in [-0.39, 0.29) is 5.75 Å². The molecule has 0 saturated carbocycles. The molecule has 2 aromatic rings. The number of pyridine rings is 1. The Bertz CT molecular complexity index is 612. The van der Waals surface area contributed by atoms with E-state index >= 15 is 0 Å². The molecule has 5 nitrogen and oxygen atoms in total. The Balaban J connectivity index is 0.000000200. The number of aromatic nitrogens is 1. The summed E-state index contributed by atoms with van der Waals surface area (Å²) in [6.07, 6.45) is 2.09. The molecule has 1 heterocycles. The molecule has 20 heavy (non-hydrogen) atoms. The van der Waals surface area contributed by atoms with Crippen LogP contribution in [0.1, 0.15) is 26.3 Å². The molecule has 0 aliphatic carbocycles. The number of primary amides is 1. The molecule has 1 aromatic heterocycles. The van der Waals surface area contributed by atoms with Crippen LogP contribution in [-0.2, 0) is 0 Å². The third kappa shape index (κ3) is 4.70. The van der Waals surface area contributed by atoms with E-state index in [1.54, 1.807) is 19.1 Å². The normalized spacial score (nSPS) is 9.30. The minimum absolute atomic E-state index is 0.227. The predicted molar refractivity (Wildman–Crippen MR) is 76.0 cm³/mol. The van der Waals surface area contributed by atoms with Gasteiger partial charge in [-0.3, -0.25) is 9.59 Å². The molecule has 0 saturated heterocycles. The number of benzene rings is 1. The molecule has 0 spiro atoms. The van der Waals surface area contributed by atoms with E-state index in [1.165, 1.54) is 24.4 Å². The lowest BCUT2D eigenvalue weighted by atomic mass is 10.1. The minimum atomic E-state index is -0.496. The van der Waals surface area contributed by atoms with Gasteiger partial charge in [-0.25, -0.2) is 4.98 Å². The SMILES string of the molecule is Cc1cc(C=O)ccc1O.NC(=O)c1ccc(Cl)nc1. The molecule has 0 unspecified atom stereocenters. The molecule has 0 fully saturated rings. The standard InChI is InChI=1S/C8H8O2.C6H5ClN2O/c1-6-4-7(5-9)2-3-8(6)10;7-5-2-1-4(3-9-5)6(8)10/h2-5,10H,1H3;1-3H,(H2,8,10). The maximum absolute atomic E-state index is 10.5. The first kappa shape index (κ1) is 15.7. The van der Waals surface area contributed by atoms with E-state index < -0.39 is 5.91 Å². The second kappa shape index (κ2) is 7.25. The van der Waals surface area contributed by atoms with Gasteiger partial charge in [0.05, 0.1) is 5.56 Å². The van der Waals surface area contributed by atoms with Crippen LogP contribution in [0.3, 0.4) is 0 Å². The Labute approximate surface area is 121 Å². The van der Waals surface area contributed by atoms with Crippen LogP contribution in [0.15, 0.2) is 36.5 Å². The molecule has 104 valence electrons. The highest BCUT2D eigenvalue weighted by atomic mass is 35.5. The minimum Gasteiger partial charge on any atom is -0.508 e. The number of phenolic OH excluding ortho intramolecular Hbond substituents is 1. The number of carbonyl (C=O) groups is 2. The van der Waals surface area contributed by atoms with E-state index in [0.29, 0.717) is 16.3 Å². The van der Waals surface area contributed by atoms with Crippen molar-refractivity contribution >= 4 is 23.8 Å². The summed E-state index contributed by atoms with van der Waals surface area (Å²) in [5.41, 5.74) is 6.63. The van der Waals surface area contributed by atoms with E-state index in [0.717, 1.165) is 11.8 Å². The number of phenols is 1. The summed E-state index contributed by atoms with van der Waals surface area (Å²) in [5, 5.41) is 9.38.